The molecule has 0 bridgehead atoms. The Balaban J connectivity index is 1.45. The highest BCUT2D eigenvalue weighted by atomic mass is 16.6. The van der Waals surface area contributed by atoms with Crippen molar-refractivity contribution in [3.8, 4) is 11.4 Å². The molecule has 2 aromatic heterocycles. The molecule has 1 atom stereocenters. The highest BCUT2D eigenvalue weighted by Gasteiger charge is 2.37. The average molecular weight is 394 g/mol. The van der Waals surface area contributed by atoms with Gasteiger partial charge in [-0.3, -0.25) is 4.90 Å². The van der Waals surface area contributed by atoms with Gasteiger partial charge in [0.25, 0.3) is 0 Å². The predicted octanol–water partition coefficient (Wildman–Crippen LogP) is 3.43. The number of cyclic esters (lactones) is 1. The van der Waals surface area contributed by atoms with Crippen molar-refractivity contribution in [2.45, 2.75) is 33.4 Å². The molecule has 1 aliphatic heterocycles. The second-order valence-electron chi connectivity index (χ2n) is 7.23. The van der Waals surface area contributed by atoms with Crippen LogP contribution in [0.1, 0.15) is 25.3 Å². The Morgan fingerprint density at radius 1 is 1.21 bits per heavy atom. The van der Waals surface area contributed by atoms with Crippen LogP contribution in [0.3, 0.4) is 0 Å². The number of rotatable bonds is 6. The molecule has 150 valence electrons. The largest absolute Gasteiger partial charge is 0.447 e. The van der Waals surface area contributed by atoms with E-state index in [4.69, 9.17) is 9.26 Å². The van der Waals surface area contributed by atoms with Crippen molar-refractivity contribution in [3.05, 3.63) is 48.0 Å². The molecule has 1 aromatic carbocycles. The van der Waals surface area contributed by atoms with Crippen LogP contribution in [0.4, 0.5) is 16.6 Å². The molecule has 3 aromatic rings. The van der Waals surface area contributed by atoms with Gasteiger partial charge in [-0.2, -0.15) is 9.97 Å². The van der Waals surface area contributed by atoms with Crippen molar-refractivity contribution in [3.63, 3.8) is 0 Å². The number of nitrogens with zero attached hydrogens (tertiary/aromatic N) is 5. The number of carbonyl (C=O) groups excluding carboxylic acids is 1. The fourth-order valence-electron chi connectivity index (χ4n) is 3.06. The van der Waals surface area contributed by atoms with Crippen molar-refractivity contribution in [1.29, 1.82) is 0 Å². The smallest absolute Gasteiger partial charge is 0.415 e. The molecule has 1 aliphatic rings. The number of carbonyl (C=O) groups is 1. The third-order valence-corrected chi connectivity index (χ3v) is 4.74. The van der Waals surface area contributed by atoms with E-state index in [1.807, 2.05) is 45.0 Å². The van der Waals surface area contributed by atoms with Gasteiger partial charge in [0, 0.05) is 11.8 Å². The lowest BCUT2D eigenvalue weighted by atomic mass is 10.0. The molecule has 0 spiro atoms. The van der Waals surface area contributed by atoms with Crippen LogP contribution in [0.25, 0.3) is 11.4 Å². The number of aromatic nitrogens is 4. The van der Waals surface area contributed by atoms with Gasteiger partial charge in [-0.1, -0.05) is 48.8 Å². The second kappa shape index (κ2) is 7.86. The van der Waals surface area contributed by atoms with Gasteiger partial charge in [0.2, 0.25) is 17.7 Å². The van der Waals surface area contributed by atoms with Crippen molar-refractivity contribution in [2.75, 3.05) is 16.8 Å². The van der Waals surface area contributed by atoms with Crippen molar-refractivity contribution in [1.82, 2.24) is 20.1 Å². The molecule has 1 unspecified atom stereocenters. The van der Waals surface area contributed by atoms with Crippen LogP contribution in [0, 0.1) is 12.8 Å². The molecular formula is C20H22N6O3. The Morgan fingerprint density at radius 2 is 2.00 bits per heavy atom. The number of anilines is 2. The minimum Gasteiger partial charge on any atom is -0.447 e. The molecule has 9 nitrogen and oxygen atoms in total. The normalized spacial score (nSPS) is 16.3. The summed E-state index contributed by atoms with van der Waals surface area (Å²) in [6.45, 7) is 6.73. The zero-order valence-electron chi connectivity index (χ0n) is 16.5. The first kappa shape index (κ1) is 18.9. The van der Waals surface area contributed by atoms with E-state index >= 15 is 0 Å². The van der Waals surface area contributed by atoms with Gasteiger partial charge in [0.15, 0.2) is 0 Å². The summed E-state index contributed by atoms with van der Waals surface area (Å²) in [6.07, 6.45) is 1.20. The van der Waals surface area contributed by atoms with Gasteiger partial charge in [-0.25, -0.2) is 9.78 Å². The summed E-state index contributed by atoms with van der Waals surface area (Å²) >= 11 is 0. The number of hydrogen-bond acceptors (Lipinski definition) is 8. The van der Waals surface area contributed by atoms with Crippen molar-refractivity contribution in [2.24, 2.45) is 5.92 Å². The monoisotopic (exact) mass is 394 g/mol. The fraction of sp³-hybridized carbons (Fsp3) is 0.350. The Bertz CT molecular complexity index is 1000. The highest BCUT2D eigenvalue weighted by Crippen LogP contribution is 2.26. The Morgan fingerprint density at radius 3 is 2.76 bits per heavy atom. The molecule has 1 amide bonds. The lowest BCUT2D eigenvalue weighted by Crippen LogP contribution is -2.37. The van der Waals surface area contributed by atoms with Crippen LogP contribution >= 0.6 is 0 Å². The molecule has 1 fully saturated rings. The summed E-state index contributed by atoms with van der Waals surface area (Å²) in [7, 11) is 0. The molecule has 1 saturated heterocycles. The van der Waals surface area contributed by atoms with E-state index in [0.717, 1.165) is 11.1 Å². The first-order valence-corrected chi connectivity index (χ1v) is 9.44. The Labute approximate surface area is 168 Å². The number of hydrogen-bond donors (Lipinski definition) is 1. The summed E-state index contributed by atoms with van der Waals surface area (Å²) in [5.41, 5.74) is 2.05. The first-order chi connectivity index (χ1) is 14.0. The lowest BCUT2D eigenvalue weighted by molar-refractivity contribution is 0.177. The fourth-order valence-corrected chi connectivity index (χ4v) is 3.06. The Hall–Kier alpha value is -3.49. The minimum atomic E-state index is -0.395. The standard InChI is InChI=1S/C20H22N6O3/c1-12(2)15-11-28-20(27)26(15)16-8-9-21-19(23-16)22-10-17-24-18(25-29-17)14-6-4-13(3)5-7-14/h4-9,12,15H,10-11H2,1-3H3,(H,21,22,23). The van der Waals surface area contributed by atoms with E-state index in [9.17, 15) is 4.79 Å². The van der Waals surface area contributed by atoms with E-state index in [2.05, 4.69) is 25.4 Å². The van der Waals surface area contributed by atoms with Gasteiger partial charge in [-0.05, 0) is 18.9 Å². The van der Waals surface area contributed by atoms with E-state index in [-0.39, 0.29) is 18.5 Å². The minimum absolute atomic E-state index is 0.0572. The van der Waals surface area contributed by atoms with Crippen LogP contribution in [-0.4, -0.2) is 38.9 Å². The molecular weight excluding hydrogens is 372 g/mol. The van der Waals surface area contributed by atoms with Crippen LogP contribution < -0.4 is 10.2 Å². The predicted molar refractivity (Wildman–Crippen MR) is 106 cm³/mol. The van der Waals surface area contributed by atoms with Gasteiger partial charge in [0.1, 0.15) is 12.4 Å². The molecule has 9 heteroatoms. The summed E-state index contributed by atoms with van der Waals surface area (Å²) in [5.74, 6) is 2.03. The van der Waals surface area contributed by atoms with E-state index in [0.29, 0.717) is 30.1 Å². The summed E-state index contributed by atoms with van der Waals surface area (Å²) in [4.78, 5) is 26.7. The number of ether oxygens (including phenoxy) is 1. The van der Waals surface area contributed by atoms with Gasteiger partial charge in [-0.15, -0.1) is 0 Å². The zero-order valence-corrected chi connectivity index (χ0v) is 16.5. The van der Waals surface area contributed by atoms with Crippen molar-refractivity contribution >= 4 is 17.9 Å². The maximum atomic E-state index is 12.1. The number of benzene rings is 1. The number of nitrogens with one attached hydrogen (secondary N) is 1. The van der Waals surface area contributed by atoms with Crippen LogP contribution in [-0.2, 0) is 11.3 Å². The molecule has 4 rings (SSSR count). The average Bonchev–Trinajstić information content (AvgIpc) is 3.34. The van der Waals surface area contributed by atoms with Crippen molar-refractivity contribution < 1.29 is 14.1 Å². The maximum absolute atomic E-state index is 12.1. The van der Waals surface area contributed by atoms with Gasteiger partial charge >= 0.3 is 6.09 Å². The lowest BCUT2D eigenvalue weighted by Gasteiger charge is -2.23. The van der Waals surface area contributed by atoms with E-state index in [1.54, 1.807) is 17.2 Å². The second-order valence-corrected chi connectivity index (χ2v) is 7.23. The van der Waals surface area contributed by atoms with Gasteiger partial charge in [0.05, 0.1) is 12.6 Å². The summed E-state index contributed by atoms with van der Waals surface area (Å²) < 4.78 is 10.5. The number of amides is 1. The molecule has 0 saturated carbocycles. The third kappa shape index (κ3) is 4.03. The molecule has 1 N–H and O–H groups in total. The molecule has 0 aliphatic carbocycles. The van der Waals surface area contributed by atoms with E-state index < -0.39 is 6.09 Å². The SMILES string of the molecule is Cc1ccc(-c2noc(CNc3nccc(N4C(=O)OCC4C(C)C)n3)n2)cc1. The zero-order chi connectivity index (χ0) is 20.4. The first-order valence-electron chi connectivity index (χ1n) is 9.44. The van der Waals surface area contributed by atoms with Crippen LogP contribution in [0.15, 0.2) is 41.1 Å². The summed E-state index contributed by atoms with van der Waals surface area (Å²) in [6, 6.07) is 9.52. The van der Waals surface area contributed by atoms with Gasteiger partial charge < -0.3 is 14.6 Å². The van der Waals surface area contributed by atoms with Crippen LogP contribution in [0.5, 0.6) is 0 Å². The van der Waals surface area contributed by atoms with E-state index in [1.165, 1.54) is 0 Å². The maximum Gasteiger partial charge on any atom is 0.415 e. The Kier molecular flexibility index (Phi) is 5.11. The summed E-state index contributed by atoms with van der Waals surface area (Å²) in [5, 5.41) is 7.07. The third-order valence-electron chi connectivity index (χ3n) is 4.74. The topological polar surface area (TPSA) is 106 Å². The molecule has 0 radical (unpaired) electrons. The molecule has 29 heavy (non-hydrogen) atoms. The quantitative estimate of drug-likeness (QED) is 0.678. The van der Waals surface area contributed by atoms with Crippen LogP contribution in [0.2, 0.25) is 0 Å². The number of aryl methyl sites for hydroxylation is 1. The highest BCUT2D eigenvalue weighted by molar-refractivity contribution is 5.89. The molecule has 3 heterocycles.